The minimum atomic E-state index is 0.112. The van der Waals surface area contributed by atoms with Gasteiger partial charge in [-0.15, -0.1) is 0 Å². The van der Waals surface area contributed by atoms with Crippen LogP contribution in [0.1, 0.15) is 66.7 Å². The summed E-state index contributed by atoms with van der Waals surface area (Å²) in [6.45, 7) is 4.40. The summed E-state index contributed by atoms with van der Waals surface area (Å²) in [6.07, 6.45) is 9.15. The Labute approximate surface area is 148 Å². The molecule has 2 aromatic heterocycles. The first kappa shape index (κ1) is 16.1. The van der Waals surface area contributed by atoms with Crippen LogP contribution < -0.4 is 0 Å². The van der Waals surface area contributed by atoms with Gasteiger partial charge in [-0.2, -0.15) is 0 Å². The van der Waals surface area contributed by atoms with E-state index in [0.717, 1.165) is 29.9 Å². The molecule has 1 aliphatic carbocycles. The number of aliphatic imine (C=N–C) groups is 1. The van der Waals surface area contributed by atoms with E-state index >= 15 is 0 Å². The number of rotatable bonds is 3. The van der Waals surface area contributed by atoms with Crippen molar-refractivity contribution >= 4 is 17.6 Å². The fraction of sp³-hybridized carbons (Fsp3) is 0.429. The second kappa shape index (κ2) is 6.17. The number of fused-ring (bicyclic) bond motifs is 1. The normalized spacial score (nSPS) is 21.7. The van der Waals surface area contributed by atoms with Crippen LogP contribution in [0.15, 0.2) is 29.0 Å². The van der Waals surface area contributed by atoms with Crippen LogP contribution >= 0.6 is 0 Å². The first-order valence-electron chi connectivity index (χ1n) is 9.24. The fourth-order valence-corrected chi connectivity index (χ4v) is 4.34. The highest BCUT2D eigenvalue weighted by atomic mass is 16.1. The van der Waals surface area contributed by atoms with E-state index in [1.807, 2.05) is 36.0 Å². The number of hydrogen-bond donors (Lipinski definition) is 1. The van der Waals surface area contributed by atoms with Crippen LogP contribution in [0.5, 0.6) is 0 Å². The van der Waals surface area contributed by atoms with Crippen molar-refractivity contribution in [3.63, 3.8) is 0 Å². The third-order valence-electron chi connectivity index (χ3n) is 5.66. The van der Waals surface area contributed by atoms with Crippen LogP contribution in [0.25, 0.3) is 6.08 Å². The number of ketones is 1. The van der Waals surface area contributed by atoms with Crippen LogP contribution in [-0.4, -0.2) is 21.0 Å². The summed E-state index contributed by atoms with van der Waals surface area (Å²) in [7, 11) is 1.99. The summed E-state index contributed by atoms with van der Waals surface area (Å²) < 4.78 is 2.02. The molecule has 0 saturated carbocycles. The Morgan fingerprint density at radius 1 is 1.44 bits per heavy atom. The maximum absolute atomic E-state index is 12.5. The van der Waals surface area contributed by atoms with Gasteiger partial charge in [-0.3, -0.25) is 4.79 Å². The molecule has 1 unspecified atom stereocenters. The number of aromatic nitrogens is 2. The molecule has 3 heterocycles. The van der Waals surface area contributed by atoms with Gasteiger partial charge in [0, 0.05) is 24.6 Å². The quantitative estimate of drug-likeness (QED) is 0.836. The largest absolute Gasteiger partial charge is 0.359 e. The van der Waals surface area contributed by atoms with Crippen molar-refractivity contribution in [3.05, 3.63) is 52.2 Å². The average molecular weight is 335 g/mol. The Morgan fingerprint density at radius 3 is 3.00 bits per heavy atom. The molecule has 1 N–H and O–H groups in total. The molecular formula is C21H25N3O. The van der Waals surface area contributed by atoms with Gasteiger partial charge in [0.25, 0.3) is 0 Å². The van der Waals surface area contributed by atoms with Crippen molar-refractivity contribution in [2.75, 3.05) is 0 Å². The third-order valence-corrected chi connectivity index (χ3v) is 5.66. The number of carbonyl (C=O) groups is 1. The second-order valence-corrected chi connectivity index (χ2v) is 7.25. The molecule has 0 aromatic carbocycles. The van der Waals surface area contributed by atoms with Crippen molar-refractivity contribution in [2.24, 2.45) is 12.0 Å². The van der Waals surface area contributed by atoms with Gasteiger partial charge >= 0.3 is 0 Å². The van der Waals surface area contributed by atoms with E-state index in [1.165, 1.54) is 29.7 Å². The molecule has 4 nitrogen and oxygen atoms in total. The standard InChI is InChI=1S/C21H25N3O/c1-4-14-7-5-8-15-13(2)22-18(21(14)15)11-17-20(25)12-16(23-17)19-9-6-10-24(19)3/h6,9-11,14,22H,4-5,7-8,12H2,1-3H3. The van der Waals surface area contributed by atoms with Crippen LogP contribution in [0.4, 0.5) is 0 Å². The predicted octanol–water partition coefficient (Wildman–Crippen LogP) is 4.29. The maximum atomic E-state index is 12.5. The van der Waals surface area contributed by atoms with E-state index in [1.54, 1.807) is 0 Å². The molecule has 25 heavy (non-hydrogen) atoms. The minimum Gasteiger partial charge on any atom is -0.359 e. The summed E-state index contributed by atoms with van der Waals surface area (Å²) in [5.41, 5.74) is 7.70. The number of hydrogen-bond acceptors (Lipinski definition) is 2. The number of nitrogens with zero attached hydrogens (tertiary/aromatic N) is 2. The SMILES string of the molecule is CCC1CCCc2c(C)[nH]c(C=C3N=C(c4cccn4C)CC3=O)c21. The Balaban J connectivity index is 1.76. The van der Waals surface area contributed by atoms with Crippen LogP contribution in [0.3, 0.4) is 0 Å². The number of H-pyrrole nitrogens is 1. The molecule has 130 valence electrons. The van der Waals surface area contributed by atoms with Crippen molar-refractivity contribution in [1.82, 2.24) is 9.55 Å². The number of nitrogens with one attached hydrogen (secondary N) is 1. The number of aromatic amines is 1. The first-order valence-corrected chi connectivity index (χ1v) is 9.24. The van der Waals surface area contributed by atoms with Gasteiger partial charge in [0.05, 0.1) is 17.8 Å². The molecule has 4 rings (SSSR count). The number of carbonyl (C=O) groups excluding carboxylic acids is 1. The zero-order valence-electron chi connectivity index (χ0n) is 15.2. The summed E-state index contributed by atoms with van der Waals surface area (Å²) in [4.78, 5) is 20.7. The van der Waals surface area contributed by atoms with E-state index < -0.39 is 0 Å². The van der Waals surface area contributed by atoms with E-state index in [4.69, 9.17) is 0 Å². The lowest BCUT2D eigenvalue weighted by Crippen LogP contribution is -2.08. The van der Waals surface area contributed by atoms with Crippen molar-refractivity contribution < 1.29 is 4.79 Å². The highest BCUT2D eigenvalue weighted by Crippen LogP contribution is 2.39. The van der Waals surface area contributed by atoms with E-state index in [2.05, 4.69) is 23.8 Å². The van der Waals surface area contributed by atoms with Crippen molar-refractivity contribution in [1.29, 1.82) is 0 Å². The highest BCUT2D eigenvalue weighted by molar-refractivity contribution is 6.22. The summed E-state index contributed by atoms with van der Waals surface area (Å²) in [5.74, 6) is 0.703. The topological polar surface area (TPSA) is 50.1 Å². The molecule has 0 radical (unpaired) electrons. The molecule has 0 saturated heterocycles. The predicted molar refractivity (Wildman–Crippen MR) is 101 cm³/mol. The zero-order chi connectivity index (χ0) is 17.6. The van der Waals surface area contributed by atoms with Crippen LogP contribution in [-0.2, 0) is 18.3 Å². The molecule has 1 atom stereocenters. The molecule has 0 amide bonds. The molecule has 0 fully saturated rings. The Morgan fingerprint density at radius 2 is 2.28 bits per heavy atom. The van der Waals surface area contributed by atoms with E-state index in [-0.39, 0.29) is 5.78 Å². The second-order valence-electron chi connectivity index (χ2n) is 7.25. The van der Waals surface area contributed by atoms with Crippen molar-refractivity contribution in [3.8, 4) is 0 Å². The Bertz CT molecular complexity index is 894. The van der Waals surface area contributed by atoms with Gasteiger partial charge in [-0.05, 0) is 67.9 Å². The van der Waals surface area contributed by atoms with Crippen molar-refractivity contribution in [2.45, 2.75) is 51.9 Å². The lowest BCUT2D eigenvalue weighted by molar-refractivity contribution is -0.114. The first-order chi connectivity index (χ1) is 12.1. The summed E-state index contributed by atoms with van der Waals surface area (Å²) in [5, 5.41) is 0. The average Bonchev–Trinajstić information content (AvgIpc) is 3.27. The van der Waals surface area contributed by atoms with E-state index in [9.17, 15) is 4.79 Å². The molecule has 1 aliphatic heterocycles. The molecule has 0 bridgehead atoms. The number of allylic oxidation sites excluding steroid dienone is 1. The zero-order valence-corrected chi connectivity index (χ0v) is 15.2. The lowest BCUT2D eigenvalue weighted by Gasteiger charge is -2.22. The number of aryl methyl sites for hydroxylation is 2. The Hall–Kier alpha value is -2.36. The van der Waals surface area contributed by atoms with Gasteiger partial charge in [-0.1, -0.05) is 6.92 Å². The summed E-state index contributed by atoms with van der Waals surface area (Å²) >= 11 is 0. The molecule has 0 spiro atoms. The highest BCUT2D eigenvalue weighted by Gasteiger charge is 2.27. The molecule has 4 heteroatoms. The molecule has 2 aromatic rings. The van der Waals surface area contributed by atoms with Gasteiger partial charge < -0.3 is 9.55 Å². The minimum absolute atomic E-state index is 0.112. The Kier molecular flexibility index (Phi) is 3.98. The maximum Gasteiger partial charge on any atom is 0.187 e. The summed E-state index contributed by atoms with van der Waals surface area (Å²) in [6, 6.07) is 4.00. The third kappa shape index (κ3) is 2.70. The monoisotopic (exact) mass is 335 g/mol. The van der Waals surface area contributed by atoms with Gasteiger partial charge in [0.2, 0.25) is 0 Å². The van der Waals surface area contributed by atoms with E-state index in [0.29, 0.717) is 18.0 Å². The lowest BCUT2D eigenvalue weighted by atomic mass is 9.81. The fourth-order valence-electron chi connectivity index (χ4n) is 4.34. The van der Waals surface area contributed by atoms with Gasteiger partial charge in [-0.25, -0.2) is 4.99 Å². The van der Waals surface area contributed by atoms with Crippen LogP contribution in [0.2, 0.25) is 0 Å². The number of Topliss-reactive ketones (excluding diaryl/α,β-unsaturated/α-hetero) is 1. The molecule has 2 aliphatic rings. The molecular weight excluding hydrogens is 310 g/mol. The van der Waals surface area contributed by atoms with Gasteiger partial charge in [0.1, 0.15) is 5.70 Å². The smallest absolute Gasteiger partial charge is 0.187 e. The van der Waals surface area contributed by atoms with Crippen LogP contribution in [0, 0.1) is 6.92 Å². The van der Waals surface area contributed by atoms with Gasteiger partial charge in [0.15, 0.2) is 5.78 Å².